The number of rotatable bonds is 11. The minimum absolute atomic E-state index is 0.101. The minimum atomic E-state index is -0.769. The molecule has 0 radical (unpaired) electrons. The molecule has 1 heterocycles. The van der Waals surface area contributed by atoms with Gasteiger partial charge in [0.1, 0.15) is 17.3 Å². The van der Waals surface area contributed by atoms with Gasteiger partial charge in [-0.2, -0.15) is 0 Å². The summed E-state index contributed by atoms with van der Waals surface area (Å²) in [5.74, 6) is -0.236. The number of carbonyl (C=O) groups is 2. The second kappa shape index (κ2) is 12.4. The average molecular weight is 495 g/mol. The second-order valence-corrected chi connectivity index (χ2v) is 8.06. The highest BCUT2D eigenvalue weighted by Gasteiger charge is 2.25. The Balaban J connectivity index is 1.73. The molecular weight excluding hydrogens is 464 g/mol. The Morgan fingerprint density at radius 3 is 2.28 bits per heavy atom. The number of aromatic nitrogens is 2. The van der Waals surface area contributed by atoms with E-state index in [9.17, 15) is 19.2 Å². The first-order chi connectivity index (χ1) is 17.3. The molecule has 0 spiro atoms. The highest BCUT2D eigenvalue weighted by molar-refractivity contribution is 5.98. The first kappa shape index (κ1) is 26.3. The molecule has 3 rings (SSSR count). The molecule has 0 unspecified atom stereocenters. The van der Waals surface area contributed by atoms with E-state index in [0.29, 0.717) is 24.3 Å². The first-order valence-electron chi connectivity index (χ1n) is 11.8. The van der Waals surface area contributed by atoms with Crippen LogP contribution in [0.25, 0.3) is 0 Å². The van der Waals surface area contributed by atoms with Gasteiger partial charge in [0.2, 0.25) is 0 Å². The van der Waals surface area contributed by atoms with Crippen LogP contribution >= 0.6 is 0 Å². The Morgan fingerprint density at radius 2 is 1.64 bits per heavy atom. The van der Waals surface area contributed by atoms with Gasteiger partial charge in [-0.15, -0.1) is 0 Å². The summed E-state index contributed by atoms with van der Waals surface area (Å²) in [5.41, 5.74) is 4.83. The predicted molar refractivity (Wildman–Crippen MR) is 137 cm³/mol. The van der Waals surface area contributed by atoms with Gasteiger partial charge in [-0.05, 0) is 49.2 Å². The van der Waals surface area contributed by atoms with E-state index in [0.717, 1.165) is 6.42 Å². The Bertz CT molecular complexity index is 1300. The number of H-pyrrole nitrogens is 1. The monoisotopic (exact) mass is 494 g/mol. The van der Waals surface area contributed by atoms with E-state index >= 15 is 0 Å². The Hall–Kier alpha value is -4.34. The molecule has 10 nitrogen and oxygen atoms in total. The van der Waals surface area contributed by atoms with Gasteiger partial charge in [0.05, 0.1) is 5.56 Å². The number of nitrogen functional groups attached to an aromatic ring is 1. The van der Waals surface area contributed by atoms with Crippen molar-refractivity contribution in [3.63, 3.8) is 0 Å². The van der Waals surface area contributed by atoms with Crippen molar-refractivity contribution in [1.29, 1.82) is 0 Å². The molecule has 0 aliphatic carbocycles. The number of nitrogens with two attached hydrogens (primary N) is 1. The zero-order valence-electron chi connectivity index (χ0n) is 20.4. The zero-order chi connectivity index (χ0) is 26.1. The number of hydrogen-bond donors (Lipinski definition) is 2. The van der Waals surface area contributed by atoms with Crippen LogP contribution in [0.4, 0.5) is 11.5 Å². The van der Waals surface area contributed by atoms with Crippen LogP contribution in [0.5, 0.6) is 11.5 Å². The van der Waals surface area contributed by atoms with Crippen LogP contribution in [0.15, 0.2) is 64.2 Å². The standard InChI is InChI=1S/C26H30N4O6/c1-3-5-16-29(22-23(27)30(15-4-2)26(34)28-24(22)32)21(31)17-35-25(33)18-11-13-20(14-12-18)36-19-9-7-6-8-10-19/h6-14H,3-5,15-17,27H2,1-2H3,(H,28,32,34). The molecule has 0 atom stereocenters. The SMILES string of the molecule is CCCCN(C(=O)COC(=O)c1ccc(Oc2ccccc2)cc1)c1c(N)n(CCC)c(=O)[nH]c1=O. The molecule has 10 heteroatoms. The number of anilines is 2. The quantitative estimate of drug-likeness (QED) is 0.390. The number of esters is 1. The van der Waals surface area contributed by atoms with Crippen molar-refractivity contribution in [2.24, 2.45) is 0 Å². The van der Waals surface area contributed by atoms with Crippen molar-refractivity contribution < 1.29 is 19.1 Å². The van der Waals surface area contributed by atoms with E-state index in [2.05, 4.69) is 4.98 Å². The third-order valence-electron chi connectivity index (χ3n) is 5.36. The van der Waals surface area contributed by atoms with Gasteiger partial charge >= 0.3 is 11.7 Å². The third kappa shape index (κ3) is 6.41. The molecule has 3 N–H and O–H groups in total. The normalized spacial score (nSPS) is 10.6. The van der Waals surface area contributed by atoms with Gasteiger partial charge in [0.15, 0.2) is 12.3 Å². The Kier molecular flexibility index (Phi) is 9.04. The second-order valence-electron chi connectivity index (χ2n) is 8.06. The predicted octanol–water partition coefficient (Wildman–Crippen LogP) is 3.31. The molecule has 0 fully saturated rings. The minimum Gasteiger partial charge on any atom is -0.457 e. The number of carbonyl (C=O) groups excluding carboxylic acids is 2. The summed E-state index contributed by atoms with van der Waals surface area (Å²) in [6.07, 6.45) is 1.92. The third-order valence-corrected chi connectivity index (χ3v) is 5.36. The van der Waals surface area contributed by atoms with Gasteiger partial charge in [-0.25, -0.2) is 9.59 Å². The van der Waals surface area contributed by atoms with Crippen LogP contribution in [0.3, 0.4) is 0 Å². The fourth-order valence-electron chi connectivity index (χ4n) is 3.53. The zero-order valence-corrected chi connectivity index (χ0v) is 20.4. The molecular formula is C26H30N4O6. The van der Waals surface area contributed by atoms with Crippen molar-refractivity contribution >= 4 is 23.4 Å². The molecule has 190 valence electrons. The summed E-state index contributed by atoms with van der Waals surface area (Å²) in [7, 11) is 0. The van der Waals surface area contributed by atoms with Crippen molar-refractivity contribution in [3.8, 4) is 11.5 Å². The van der Waals surface area contributed by atoms with Crippen molar-refractivity contribution in [1.82, 2.24) is 9.55 Å². The van der Waals surface area contributed by atoms with Gasteiger partial charge in [-0.1, -0.05) is 38.5 Å². The van der Waals surface area contributed by atoms with E-state index in [-0.39, 0.29) is 30.2 Å². The van der Waals surface area contributed by atoms with Crippen LogP contribution in [-0.4, -0.2) is 34.6 Å². The summed E-state index contributed by atoms with van der Waals surface area (Å²) in [5, 5.41) is 0. The number of nitrogens with one attached hydrogen (secondary N) is 1. The summed E-state index contributed by atoms with van der Waals surface area (Å²) >= 11 is 0. The molecule has 1 amide bonds. The Morgan fingerprint density at radius 1 is 0.972 bits per heavy atom. The molecule has 0 aliphatic rings. The van der Waals surface area contributed by atoms with Crippen molar-refractivity contribution in [2.75, 3.05) is 23.8 Å². The summed E-state index contributed by atoms with van der Waals surface area (Å²) in [6.45, 7) is 3.64. The van der Waals surface area contributed by atoms with E-state index in [1.54, 1.807) is 12.1 Å². The number of unbranched alkanes of at least 4 members (excludes halogenated alkanes) is 1. The lowest BCUT2D eigenvalue weighted by Crippen LogP contribution is -2.43. The number of ether oxygens (including phenoxy) is 2. The smallest absolute Gasteiger partial charge is 0.338 e. The number of amides is 1. The molecule has 0 saturated carbocycles. The van der Waals surface area contributed by atoms with Gasteiger partial charge in [-0.3, -0.25) is 19.1 Å². The maximum absolute atomic E-state index is 13.0. The fraction of sp³-hybridized carbons (Fsp3) is 0.308. The first-order valence-corrected chi connectivity index (χ1v) is 11.8. The average Bonchev–Trinajstić information content (AvgIpc) is 2.87. The van der Waals surface area contributed by atoms with Crippen LogP contribution in [0.2, 0.25) is 0 Å². The van der Waals surface area contributed by atoms with Gasteiger partial charge < -0.3 is 20.1 Å². The molecule has 0 aliphatic heterocycles. The highest BCUT2D eigenvalue weighted by Crippen LogP contribution is 2.22. The maximum Gasteiger partial charge on any atom is 0.338 e. The molecule has 36 heavy (non-hydrogen) atoms. The highest BCUT2D eigenvalue weighted by atomic mass is 16.5. The number of hydrogen-bond acceptors (Lipinski definition) is 7. The molecule has 1 aromatic heterocycles. The van der Waals surface area contributed by atoms with Crippen molar-refractivity contribution in [3.05, 3.63) is 81.0 Å². The number of nitrogens with zero attached hydrogens (tertiary/aromatic N) is 2. The van der Waals surface area contributed by atoms with Crippen LogP contribution < -0.4 is 26.6 Å². The summed E-state index contributed by atoms with van der Waals surface area (Å²) < 4.78 is 12.1. The lowest BCUT2D eigenvalue weighted by atomic mass is 10.2. The molecule has 3 aromatic rings. The fourth-order valence-corrected chi connectivity index (χ4v) is 3.53. The molecule has 2 aromatic carbocycles. The maximum atomic E-state index is 13.0. The van der Waals surface area contributed by atoms with E-state index in [1.807, 2.05) is 44.2 Å². The summed E-state index contributed by atoms with van der Waals surface area (Å²) in [4.78, 5) is 53.7. The van der Waals surface area contributed by atoms with Gasteiger partial charge in [0.25, 0.3) is 11.5 Å². The number of benzene rings is 2. The van der Waals surface area contributed by atoms with Crippen LogP contribution in [-0.2, 0) is 16.1 Å². The number of aromatic amines is 1. The Labute approximate surface area is 208 Å². The van der Waals surface area contributed by atoms with Crippen LogP contribution in [0.1, 0.15) is 43.5 Å². The molecule has 0 saturated heterocycles. The lowest BCUT2D eigenvalue weighted by molar-refractivity contribution is -0.121. The van der Waals surface area contributed by atoms with E-state index in [1.165, 1.54) is 21.6 Å². The van der Waals surface area contributed by atoms with E-state index < -0.39 is 29.7 Å². The van der Waals surface area contributed by atoms with Crippen molar-refractivity contribution in [2.45, 2.75) is 39.7 Å². The van der Waals surface area contributed by atoms with E-state index in [4.69, 9.17) is 15.2 Å². The number of para-hydroxylation sites is 1. The van der Waals surface area contributed by atoms with Crippen LogP contribution in [0, 0.1) is 0 Å². The summed E-state index contributed by atoms with van der Waals surface area (Å²) in [6, 6.07) is 15.5. The topological polar surface area (TPSA) is 137 Å². The van der Waals surface area contributed by atoms with Gasteiger partial charge in [0, 0.05) is 13.1 Å². The largest absolute Gasteiger partial charge is 0.457 e. The lowest BCUT2D eigenvalue weighted by Gasteiger charge is -2.24. The molecule has 0 bridgehead atoms.